The van der Waals surface area contributed by atoms with Gasteiger partial charge in [-0.15, -0.1) is 0 Å². The molecule has 0 atom stereocenters. The third kappa shape index (κ3) is 4.11. The van der Waals surface area contributed by atoms with Crippen LogP contribution in [-0.2, 0) is 0 Å². The van der Waals surface area contributed by atoms with Gasteiger partial charge in [0.05, 0.1) is 4.92 Å². The van der Waals surface area contributed by atoms with Crippen LogP contribution < -0.4 is 16.3 Å². The monoisotopic (exact) mass is 317 g/mol. The fraction of sp³-hybridized carbons (Fsp3) is 0.154. The maximum atomic E-state index is 12.0. The lowest BCUT2D eigenvalue weighted by molar-refractivity contribution is -0.383. The van der Waals surface area contributed by atoms with E-state index in [0.29, 0.717) is 5.56 Å². The molecule has 120 valence electrons. The maximum absolute atomic E-state index is 12.0. The largest absolute Gasteiger partial charge is 0.356 e. The summed E-state index contributed by atoms with van der Waals surface area (Å²) in [5, 5.41) is 12.8. The van der Waals surface area contributed by atoms with Gasteiger partial charge in [-0.25, -0.2) is 15.0 Å². The summed E-state index contributed by atoms with van der Waals surface area (Å²) in [5.41, 5.74) is 7.55. The van der Waals surface area contributed by atoms with Crippen LogP contribution in [0.2, 0.25) is 0 Å². The highest BCUT2D eigenvalue weighted by Crippen LogP contribution is 2.28. The number of carbonyl (C=O) groups excluding carboxylic acids is 1. The van der Waals surface area contributed by atoms with Crippen LogP contribution in [-0.4, -0.2) is 39.9 Å². The van der Waals surface area contributed by atoms with Crippen LogP contribution in [0.5, 0.6) is 0 Å². The van der Waals surface area contributed by atoms with Gasteiger partial charge in [0.25, 0.3) is 5.91 Å². The van der Waals surface area contributed by atoms with E-state index in [1.807, 2.05) is 0 Å². The van der Waals surface area contributed by atoms with Crippen molar-refractivity contribution in [1.29, 1.82) is 0 Å². The van der Waals surface area contributed by atoms with Gasteiger partial charge in [0.15, 0.2) is 0 Å². The molecule has 1 aromatic heterocycles. The fourth-order valence-corrected chi connectivity index (χ4v) is 1.71. The van der Waals surface area contributed by atoms with E-state index >= 15 is 0 Å². The first-order valence-corrected chi connectivity index (χ1v) is 6.54. The van der Waals surface area contributed by atoms with Crippen molar-refractivity contribution >= 4 is 23.2 Å². The molecule has 0 saturated carbocycles. The Morgan fingerprint density at radius 2 is 1.83 bits per heavy atom. The van der Waals surface area contributed by atoms with Crippen molar-refractivity contribution in [2.75, 3.05) is 24.9 Å². The van der Waals surface area contributed by atoms with Gasteiger partial charge in [0.2, 0.25) is 11.6 Å². The lowest BCUT2D eigenvalue weighted by Gasteiger charge is -2.14. The van der Waals surface area contributed by atoms with E-state index in [2.05, 4.69) is 26.2 Å². The predicted octanol–water partition coefficient (Wildman–Crippen LogP) is 1.03. The minimum absolute atomic E-state index is 0.00598. The summed E-state index contributed by atoms with van der Waals surface area (Å²) in [4.78, 5) is 30.2. The molecule has 0 saturated heterocycles. The number of carbonyl (C=O) groups is 1. The molecule has 2 rings (SSSR count). The number of nitrogens with one attached hydrogen (secondary N) is 3. The predicted molar refractivity (Wildman–Crippen MR) is 83.5 cm³/mol. The minimum Gasteiger partial charge on any atom is -0.298 e. The second kappa shape index (κ2) is 7.13. The Balaban J connectivity index is 2.19. The van der Waals surface area contributed by atoms with Crippen LogP contribution in [0, 0.1) is 10.1 Å². The van der Waals surface area contributed by atoms with Gasteiger partial charge in [-0.2, -0.15) is 0 Å². The topological polar surface area (TPSA) is 125 Å². The van der Waals surface area contributed by atoms with Gasteiger partial charge in [-0.05, 0) is 12.1 Å². The number of nitro groups is 1. The Morgan fingerprint density at radius 3 is 2.43 bits per heavy atom. The number of hydrogen-bond donors (Lipinski definition) is 3. The number of hydrazine groups is 2. The molecular formula is C13H15N7O3. The summed E-state index contributed by atoms with van der Waals surface area (Å²) in [7, 11) is 3.33. The number of amides is 1. The van der Waals surface area contributed by atoms with E-state index in [9.17, 15) is 14.9 Å². The second-order valence-electron chi connectivity index (χ2n) is 4.63. The molecule has 0 aliphatic carbocycles. The quantitative estimate of drug-likeness (QED) is 0.533. The summed E-state index contributed by atoms with van der Waals surface area (Å²) < 4.78 is 0. The molecular weight excluding hydrogens is 302 g/mol. The zero-order chi connectivity index (χ0) is 16.8. The van der Waals surface area contributed by atoms with Crippen molar-refractivity contribution < 1.29 is 9.72 Å². The molecule has 23 heavy (non-hydrogen) atoms. The Hall–Kier alpha value is -3.27. The fourth-order valence-electron chi connectivity index (χ4n) is 1.71. The first kappa shape index (κ1) is 16.1. The van der Waals surface area contributed by atoms with E-state index in [1.54, 1.807) is 44.4 Å². The van der Waals surface area contributed by atoms with E-state index in [0.717, 1.165) is 6.33 Å². The number of nitrogens with zero attached hydrogens (tertiary/aromatic N) is 4. The summed E-state index contributed by atoms with van der Waals surface area (Å²) in [6.07, 6.45) is 1.15. The molecule has 0 spiro atoms. The van der Waals surface area contributed by atoms with Crippen LogP contribution in [0.1, 0.15) is 10.4 Å². The average Bonchev–Trinajstić information content (AvgIpc) is 2.52. The van der Waals surface area contributed by atoms with Gasteiger partial charge in [-0.1, -0.05) is 18.2 Å². The third-order valence-electron chi connectivity index (χ3n) is 2.66. The van der Waals surface area contributed by atoms with Crippen LogP contribution in [0.25, 0.3) is 0 Å². The number of benzene rings is 1. The SMILES string of the molecule is CN(C)Nc1ncnc(NNC(=O)c2ccccc2)c1[N+](=O)[O-]. The van der Waals surface area contributed by atoms with Crippen LogP contribution >= 0.6 is 0 Å². The zero-order valence-corrected chi connectivity index (χ0v) is 12.5. The number of anilines is 2. The second-order valence-corrected chi connectivity index (χ2v) is 4.63. The standard InChI is InChI=1S/C13H15N7O3/c1-19(2)18-12-10(20(22)23)11(14-8-15-12)16-17-13(21)9-6-4-3-5-7-9/h3-8H,1-2H3,(H,17,21)(H2,14,15,16,18). The third-order valence-corrected chi connectivity index (χ3v) is 2.66. The van der Waals surface area contributed by atoms with Crippen LogP contribution in [0.3, 0.4) is 0 Å². The normalized spacial score (nSPS) is 10.2. The molecule has 1 amide bonds. The lowest BCUT2D eigenvalue weighted by Crippen LogP contribution is -2.30. The minimum atomic E-state index is -0.636. The molecule has 10 nitrogen and oxygen atoms in total. The van der Waals surface area contributed by atoms with Crippen molar-refractivity contribution in [2.24, 2.45) is 0 Å². The highest BCUT2D eigenvalue weighted by molar-refractivity contribution is 5.95. The first-order valence-electron chi connectivity index (χ1n) is 6.54. The van der Waals surface area contributed by atoms with Crippen molar-refractivity contribution in [2.45, 2.75) is 0 Å². The van der Waals surface area contributed by atoms with E-state index < -0.39 is 10.8 Å². The van der Waals surface area contributed by atoms with Crippen LogP contribution in [0.15, 0.2) is 36.7 Å². The molecule has 0 radical (unpaired) electrons. The molecule has 2 aromatic rings. The van der Waals surface area contributed by atoms with Crippen molar-refractivity contribution in [1.82, 2.24) is 20.4 Å². The zero-order valence-electron chi connectivity index (χ0n) is 12.5. The first-order chi connectivity index (χ1) is 11.0. The Kier molecular flexibility index (Phi) is 5.00. The molecule has 0 aliphatic heterocycles. The van der Waals surface area contributed by atoms with Crippen molar-refractivity contribution in [3.05, 3.63) is 52.3 Å². The molecule has 0 bridgehead atoms. The lowest BCUT2D eigenvalue weighted by atomic mass is 10.2. The number of aromatic nitrogens is 2. The summed E-state index contributed by atoms with van der Waals surface area (Å²) in [6, 6.07) is 8.43. The van der Waals surface area contributed by atoms with E-state index in [-0.39, 0.29) is 17.3 Å². The number of rotatable bonds is 6. The van der Waals surface area contributed by atoms with Gasteiger partial charge in [-0.3, -0.25) is 31.2 Å². The molecule has 1 heterocycles. The Bertz CT molecular complexity index is 706. The van der Waals surface area contributed by atoms with E-state index in [1.165, 1.54) is 5.01 Å². The number of hydrogen-bond acceptors (Lipinski definition) is 8. The average molecular weight is 317 g/mol. The van der Waals surface area contributed by atoms with Gasteiger partial charge in [0, 0.05) is 19.7 Å². The molecule has 0 aliphatic rings. The van der Waals surface area contributed by atoms with Crippen LogP contribution in [0.4, 0.5) is 17.3 Å². The van der Waals surface area contributed by atoms with Crippen molar-refractivity contribution in [3.63, 3.8) is 0 Å². The maximum Gasteiger partial charge on any atom is 0.356 e. The summed E-state index contributed by atoms with van der Waals surface area (Å²) in [5.74, 6) is -0.564. The summed E-state index contributed by atoms with van der Waals surface area (Å²) in [6.45, 7) is 0. The molecule has 0 unspecified atom stereocenters. The Morgan fingerprint density at radius 1 is 1.17 bits per heavy atom. The molecule has 0 fully saturated rings. The van der Waals surface area contributed by atoms with Gasteiger partial charge < -0.3 is 0 Å². The molecule has 10 heteroatoms. The van der Waals surface area contributed by atoms with Gasteiger partial charge in [0.1, 0.15) is 6.33 Å². The summed E-state index contributed by atoms with van der Waals surface area (Å²) >= 11 is 0. The van der Waals surface area contributed by atoms with Gasteiger partial charge >= 0.3 is 5.69 Å². The Labute approximate surface area is 131 Å². The molecule has 1 aromatic carbocycles. The highest BCUT2D eigenvalue weighted by Gasteiger charge is 2.23. The van der Waals surface area contributed by atoms with E-state index in [4.69, 9.17) is 0 Å². The highest BCUT2D eigenvalue weighted by atomic mass is 16.6. The molecule has 3 N–H and O–H groups in total. The smallest absolute Gasteiger partial charge is 0.298 e. The van der Waals surface area contributed by atoms with Crippen molar-refractivity contribution in [3.8, 4) is 0 Å².